The third kappa shape index (κ3) is 5.54. The molecule has 1 atom stereocenters. The van der Waals surface area contributed by atoms with Crippen LogP contribution in [0.5, 0.6) is 0 Å². The Labute approximate surface area is 166 Å². The number of ether oxygens (including phenoxy) is 1. The zero-order valence-electron chi connectivity index (χ0n) is 15.8. The van der Waals surface area contributed by atoms with Crippen LogP contribution in [0.15, 0.2) is 30.5 Å². The van der Waals surface area contributed by atoms with Crippen molar-refractivity contribution >= 4 is 5.97 Å². The lowest BCUT2D eigenvalue weighted by Gasteiger charge is -2.30. The van der Waals surface area contributed by atoms with Gasteiger partial charge in [0.15, 0.2) is 0 Å². The van der Waals surface area contributed by atoms with Crippen LogP contribution in [0.2, 0.25) is 0 Å². The molecule has 158 valence electrons. The largest absolute Gasteiger partial charge is 0.481 e. The minimum Gasteiger partial charge on any atom is -0.481 e. The van der Waals surface area contributed by atoms with Crippen LogP contribution in [0.3, 0.4) is 0 Å². The number of aromatic nitrogens is 3. The molecule has 1 aliphatic heterocycles. The van der Waals surface area contributed by atoms with E-state index in [9.17, 15) is 18.0 Å². The number of rotatable bonds is 8. The first kappa shape index (κ1) is 21.3. The lowest BCUT2D eigenvalue weighted by Crippen LogP contribution is -2.40. The molecule has 1 unspecified atom stereocenters. The second kappa shape index (κ2) is 9.36. The Kier molecular flexibility index (Phi) is 6.86. The zero-order chi connectivity index (χ0) is 20.9. The van der Waals surface area contributed by atoms with E-state index in [2.05, 4.69) is 15.2 Å². The summed E-state index contributed by atoms with van der Waals surface area (Å²) in [5.41, 5.74) is -0.428. The number of hydrogen-bond acceptors (Lipinski definition) is 5. The summed E-state index contributed by atoms with van der Waals surface area (Å²) in [6, 6.07) is 5.32. The van der Waals surface area contributed by atoms with Gasteiger partial charge in [0.25, 0.3) is 0 Å². The summed E-state index contributed by atoms with van der Waals surface area (Å²) in [6.07, 6.45) is -1.62. The summed E-state index contributed by atoms with van der Waals surface area (Å²) in [6.45, 7) is 2.91. The average Bonchev–Trinajstić information content (AvgIpc) is 3.15. The normalized spacial score (nSPS) is 18.1. The van der Waals surface area contributed by atoms with Crippen LogP contribution in [0.25, 0.3) is 11.3 Å². The first-order chi connectivity index (χ1) is 13.9. The van der Waals surface area contributed by atoms with Crippen molar-refractivity contribution in [3.05, 3.63) is 36.0 Å². The molecule has 0 aliphatic carbocycles. The minimum absolute atomic E-state index is 0.0260. The Morgan fingerprint density at radius 1 is 1.24 bits per heavy atom. The molecular formula is C19H23F3N4O3. The second-order valence-corrected chi connectivity index (χ2v) is 6.98. The lowest BCUT2D eigenvalue weighted by molar-refractivity contribution is -0.143. The van der Waals surface area contributed by atoms with Crippen molar-refractivity contribution < 1.29 is 27.8 Å². The van der Waals surface area contributed by atoms with Crippen molar-refractivity contribution in [2.45, 2.75) is 25.6 Å². The fourth-order valence-corrected chi connectivity index (χ4v) is 3.49. The van der Waals surface area contributed by atoms with E-state index in [1.54, 1.807) is 6.07 Å². The molecule has 0 radical (unpaired) electrons. The molecule has 1 aromatic carbocycles. The maximum absolute atomic E-state index is 13.3. The smallest absolute Gasteiger partial charge is 0.417 e. The molecule has 1 fully saturated rings. The number of nitrogens with zero attached hydrogens (tertiary/aromatic N) is 4. The number of hydrogen-bond donors (Lipinski definition) is 1. The van der Waals surface area contributed by atoms with Gasteiger partial charge in [0.2, 0.25) is 0 Å². The number of piperidine rings is 1. The monoisotopic (exact) mass is 412 g/mol. The molecule has 0 saturated carbocycles. The number of carbonyl (C=O) groups is 1. The van der Waals surface area contributed by atoms with Crippen LogP contribution >= 0.6 is 0 Å². The second-order valence-electron chi connectivity index (χ2n) is 6.98. The highest BCUT2D eigenvalue weighted by molar-refractivity contribution is 5.70. The Morgan fingerprint density at radius 2 is 2.00 bits per heavy atom. The number of carboxylic acid groups (broad SMARTS) is 1. The summed E-state index contributed by atoms with van der Waals surface area (Å²) in [5, 5.41) is 16.7. The molecule has 1 N–H and O–H groups in total. The molecule has 3 rings (SSSR count). The van der Waals surface area contributed by atoms with E-state index in [4.69, 9.17) is 9.84 Å². The summed E-state index contributed by atoms with van der Waals surface area (Å²) in [4.78, 5) is 13.2. The molecule has 2 aromatic rings. The highest BCUT2D eigenvalue weighted by Gasteiger charge is 2.34. The molecule has 0 bridgehead atoms. The maximum Gasteiger partial charge on any atom is 0.417 e. The molecule has 7 nitrogen and oxygen atoms in total. The number of benzene rings is 1. The molecular weight excluding hydrogens is 389 g/mol. The molecule has 0 spiro atoms. The topological polar surface area (TPSA) is 80.5 Å². The number of alkyl halides is 3. The van der Waals surface area contributed by atoms with Gasteiger partial charge in [0, 0.05) is 18.7 Å². The lowest BCUT2D eigenvalue weighted by atomic mass is 9.98. The molecule has 1 aromatic heterocycles. The van der Waals surface area contributed by atoms with Crippen molar-refractivity contribution in [3.8, 4) is 11.3 Å². The van der Waals surface area contributed by atoms with E-state index in [1.807, 2.05) is 0 Å². The molecule has 29 heavy (non-hydrogen) atoms. The maximum atomic E-state index is 13.3. The Bertz CT molecular complexity index is 825. The van der Waals surface area contributed by atoms with Crippen LogP contribution < -0.4 is 0 Å². The third-order valence-corrected chi connectivity index (χ3v) is 4.98. The summed E-state index contributed by atoms with van der Waals surface area (Å²) in [5.74, 6) is -1.11. The molecule has 1 saturated heterocycles. The Balaban J connectivity index is 1.51. The fourth-order valence-electron chi connectivity index (χ4n) is 3.49. The van der Waals surface area contributed by atoms with Crippen molar-refractivity contribution in [2.75, 3.05) is 32.8 Å². The van der Waals surface area contributed by atoms with E-state index >= 15 is 0 Å². The predicted molar refractivity (Wildman–Crippen MR) is 98.1 cm³/mol. The Morgan fingerprint density at radius 3 is 2.76 bits per heavy atom. The average molecular weight is 412 g/mol. The van der Waals surface area contributed by atoms with Crippen LogP contribution in [0, 0.1) is 5.92 Å². The zero-order valence-corrected chi connectivity index (χ0v) is 15.8. The summed E-state index contributed by atoms with van der Waals surface area (Å²) in [7, 11) is 0. The highest BCUT2D eigenvalue weighted by atomic mass is 19.4. The van der Waals surface area contributed by atoms with Gasteiger partial charge in [0.05, 0.1) is 43.1 Å². The summed E-state index contributed by atoms with van der Waals surface area (Å²) < 4.78 is 46.8. The standard InChI is InChI=1S/C19H23F3N4O3/c20-19(21,22)16-6-2-1-5-15(16)17-12-23-24-26(17)9-11-29-10-8-25-7-3-4-14(13-25)18(27)28/h1-2,5-6,12,14H,3-4,7-11,13H2,(H,27,28). The van der Waals surface area contributed by atoms with Gasteiger partial charge in [-0.25, -0.2) is 4.68 Å². The quantitative estimate of drug-likeness (QED) is 0.672. The van der Waals surface area contributed by atoms with Gasteiger partial charge in [-0.05, 0) is 25.5 Å². The van der Waals surface area contributed by atoms with Crippen LogP contribution in [-0.4, -0.2) is 63.8 Å². The van der Waals surface area contributed by atoms with Gasteiger partial charge < -0.3 is 14.7 Å². The minimum atomic E-state index is -4.47. The van der Waals surface area contributed by atoms with Crippen molar-refractivity contribution in [3.63, 3.8) is 0 Å². The van der Waals surface area contributed by atoms with Gasteiger partial charge in [0.1, 0.15) is 0 Å². The van der Waals surface area contributed by atoms with Crippen molar-refractivity contribution in [1.82, 2.24) is 19.9 Å². The number of aliphatic carboxylic acids is 1. The van der Waals surface area contributed by atoms with Gasteiger partial charge in [-0.2, -0.15) is 13.2 Å². The number of carboxylic acids is 1. The summed E-state index contributed by atoms with van der Waals surface area (Å²) >= 11 is 0. The highest BCUT2D eigenvalue weighted by Crippen LogP contribution is 2.36. The van der Waals surface area contributed by atoms with Crippen LogP contribution in [0.4, 0.5) is 13.2 Å². The third-order valence-electron chi connectivity index (χ3n) is 4.98. The molecule has 10 heteroatoms. The molecule has 1 aliphatic rings. The van der Waals surface area contributed by atoms with Gasteiger partial charge in [-0.15, -0.1) is 5.10 Å². The van der Waals surface area contributed by atoms with E-state index in [1.165, 1.54) is 23.0 Å². The van der Waals surface area contributed by atoms with Crippen molar-refractivity contribution in [1.29, 1.82) is 0 Å². The van der Waals surface area contributed by atoms with Crippen LogP contribution in [0.1, 0.15) is 18.4 Å². The Hall–Kier alpha value is -2.46. The SMILES string of the molecule is O=C(O)C1CCCN(CCOCCn2nncc2-c2ccccc2C(F)(F)F)C1. The van der Waals surface area contributed by atoms with Crippen molar-refractivity contribution in [2.24, 2.45) is 5.92 Å². The van der Waals surface area contributed by atoms with Gasteiger partial charge >= 0.3 is 12.1 Å². The van der Waals surface area contributed by atoms with Gasteiger partial charge in [-0.1, -0.05) is 23.4 Å². The number of likely N-dealkylation sites (tertiary alicyclic amines) is 1. The molecule has 2 heterocycles. The van der Waals surface area contributed by atoms with E-state index in [-0.39, 0.29) is 30.3 Å². The van der Waals surface area contributed by atoms with E-state index in [0.29, 0.717) is 26.1 Å². The van der Waals surface area contributed by atoms with Crippen LogP contribution in [-0.2, 0) is 22.3 Å². The predicted octanol–water partition coefficient (Wildman–Crippen LogP) is 2.78. The van der Waals surface area contributed by atoms with E-state index < -0.39 is 17.7 Å². The number of halogens is 3. The van der Waals surface area contributed by atoms with E-state index in [0.717, 1.165) is 19.0 Å². The van der Waals surface area contributed by atoms with Gasteiger partial charge in [-0.3, -0.25) is 4.79 Å². The first-order valence-electron chi connectivity index (χ1n) is 9.44. The fraction of sp³-hybridized carbons (Fsp3) is 0.526. The molecule has 0 amide bonds. The first-order valence-corrected chi connectivity index (χ1v) is 9.44.